The average Bonchev–Trinajstić information content (AvgIpc) is 2.76. The molecule has 1 aromatic rings. The Bertz CT molecular complexity index is 891. The molecule has 10 heteroatoms. The van der Waals surface area contributed by atoms with Crippen LogP contribution in [-0.2, 0) is 28.5 Å². The summed E-state index contributed by atoms with van der Waals surface area (Å²) in [6.07, 6.45) is 1.14. The summed E-state index contributed by atoms with van der Waals surface area (Å²) in [5.74, 6) is -6.55. The van der Waals surface area contributed by atoms with Gasteiger partial charge < -0.3 is 38.6 Å². The normalized spacial score (nSPS) is 17.3. The van der Waals surface area contributed by atoms with E-state index in [4.69, 9.17) is 28.4 Å². The molecule has 0 spiro atoms. The number of rotatable bonds is 9. The third kappa shape index (κ3) is 3.23. The van der Waals surface area contributed by atoms with Crippen LogP contribution in [0.15, 0.2) is 35.6 Å². The Balaban J connectivity index is 3.13. The number of hydrogen-bond donors (Lipinski definition) is 2. The van der Waals surface area contributed by atoms with Gasteiger partial charge in [0.25, 0.3) is 11.6 Å². The lowest BCUT2D eigenvalue weighted by molar-refractivity contribution is -0.359. The minimum absolute atomic E-state index is 0.0303. The van der Waals surface area contributed by atoms with Crippen LogP contribution in [0.5, 0.6) is 5.75 Å². The van der Waals surface area contributed by atoms with Crippen molar-refractivity contribution in [1.29, 1.82) is 0 Å². The van der Waals surface area contributed by atoms with Crippen LogP contribution in [-0.4, -0.2) is 76.4 Å². The van der Waals surface area contributed by atoms with Gasteiger partial charge in [0.2, 0.25) is 0 Å². The minimum Gasteiger partial charge on any atom is -0.496 e. The second-order valence-corrected chi connectivity index (χ2v) is 6.06. The molecule has 0 saturated heterocycles. The number of carboxylic acids is 2. The molecule has 0 heterocycles. The van der Waals surface area contributed by atoms with Crippen molar-refractivity contribution in [2.75, 3.05) is 42.7 Å². The number of ether oxygens (including phenoxy) is 6. The summed E-state index contributed by atoms with van der Waals surface area (Å²) in [5.41, 5.74) is -0.715. The first kappa shape index (κ1) is 23.4. The molecule has 2 N–H and O–H groups in total. The number of methoxy groups -OCH3 is 6. The summed E-state index contributed by atoms with van der Waals surface area (Å²) in [7, 11) is 7.71. The van der Waals surface area contributed by atoms with Crippen LogP contribution in [0, 0.1) is 0 Å². The van der Waals surface area contributed by atoms with E-state index in [0.717, 1.165) is 6.08 Å². The second-order valence-electron chi connectivity index (χ2n) is 6.06. The molecule has 0 saturated carbocycles. The Kier molecular flexibility index (Phi) is 6.88. The fourth-order valence-corrected chi connectivity index (χ4v) is 3.62. The molecule has 0 radical (unpaired) electrons. The highest BCUT2D eigenvalue weighted by molar-refractivity contribution is 6.11. The highest BCUT2D eigenvalue weighted by atomic mass is 16.8. The van der Waals surface area contributed by atoms with Crippen molar-refractivity contribution in [3.8, 4) is 5.75 Å². The quantitative estimate of drug-likeness (QED) is 0.566. The molecule has 0 aromatic heterocycles. The predicted octanol–water partition coefficient (Wildman–Crippen LogP) is 1.75. The molecule has 1 aliphatic carbocycles. The van der Waals surface area contributed by atoms with Crippen LogP contribution in [0.2, 0.25) is 0 Å². The molecular formula is C20H24O10. The Morgan fingerprint density at radius 1 is 0.833 bits per heavy atom. The third-order valence-corrected chi connectivity index (χ3v) is 4.93. The smallest absolute Gasteiger partial charge is 0.336 e. The lowest BCUT2D eigenvalue weighted by Gasteiger charge is -2.47. The van der Waals surface area contributed by atoms with Crippen LogP contribution < -0.4 is 4.74 Å². The molecule has 2 rings (SSSR count). The number of aromatic carboxylic acids is 1. The van der Waals surface area contributed by atoms with Crippen LogP contribution in [0.25, 0.3) is 5.57 Å². The maximum Gasteiger partial charge on any atom is 0.336 e. The van der Waals surface area contributed by atoms with Crippen molar-refractivity contribution in [1.82, 2.24) is 0 Å². The molecule has 30 heavy (non-hydrogen) atoms. The summed E-state index contributed by atoms with van der Waals surface area (Å²) in [5, 5.41) is 19.7. The van der Waals surface area contributed by atoms with Gasteiger partial charge >= 0.3 is 11.9 Å². The molecule has 0 unspecified atom stereocenters. The SMILES string of the molecule is COC1=C(c2c(OC)cccc2C(=O)O)C(C(=O)O)=CC(OC)(OC)C1(OC)OC. The Morgan fingerprint density at radius 2 is 1.43 bits per heavy atom. The highest BCUT2D eigenvalue weighted by Gasteiger charge is 2.62. The number of benzene rings is 1. The van der Waals surface area contributed by atoms with E-state index in [9.17, 15) is 19.8 Å². The van der Waals surface area contributed by atoms with Crippen molar-refractivity contribution < 1.29 is 48.2 Å². The van der Waals surface area contributed by atoms with Crippen molar-refractivity contribution in [3.63, 3.8) is 0 Å². The van der Waals surface area contributed by atoms with Crippen molar-refractivity contribution in [2.24, 2.45) is 0 Å². The average molecular weight is 424 g/mol. The molecular weight excluding hydrogens is 400 g/mol. The first-order chi connectivity index (χ1) is 14.2. The molecule has 0 aliphatic heterocycles. The zero-order chi connectivity index (χ0) is 22.7. The number of carboxylic acid groups (broad SMARTS) is 2. The fraction of sp³-hybridized carbons (Fsp3) is 0.400. The standard InChI is InChI=1S/C20H24O10/c1-25-13-9-7-8-11(17(21)22)14(13)15-12(18(23)24)10-19(27-3,28-4)20(29-5,30-6)16(15)26-2/h7-10H,1-6H3,(H,21,22)(H,23,24). The molecule has 0 amide bonds. The van der Waals surface area contributed by atoms with Crippen LogP contribution in [0.4, 0.5) is 0 Å². The topological polar surface area (TPSA) is 130 Å². The van der Waals surface area contributed by atoms with Gasteiger partial charge in [0, 0.05) is 39.6 Å². The molecule has 1 aromatic carbocycles. The number of carbonyl (C=O) groups is 2. The van der Waals surface area contributed by atoms with Crippen LogP contribution >= 0.6 is 0 Å². The molecule has 10 nitrogen and oxygen atoms in total. The van der Waals surface area contributed by atoms with E-state index in [1.165, 1.54) is 60.9 Å². The van der Waals surface area contributed by atoms with Crippen molar-refractivity contribution in [2.45, 2.75) is 11.6 Å². The highest BCUT2D eigenvalue weighted by Crippen LogP contribution is 2.50. The summed E-state index contributed by atoms with van der Waals surface area (Å²) in [6, 6.07) is 4.29. The summed E-state index contributed by atoms with van der Waals surface area (Å²) in [4.78, 5) is 24.2. The zero-order valence-corrected chi connectivity index (χ0v) is 17.5. The van der Waals surface area contributed by atoms with E-state index in [1.807, 2.05) is 0 Å². The van der Waals surface area contributed by atoms with Gasteiger partial charge in [-0.25, -0.2) is 9.59 Å². The second kappa shape index (κ2) is 8.84. The van der Waals surface area contributed by atoms with E-state index in [-0.39, 0.29) is 33.8 Å². The summed E-state index contributed by atoms with van der Waals surface area (Å²) in [6.45, 7) is 0. The summed E-state index contributed by atoms with van der Waals surface area (Å²) >= 11 is 0. The van der Waals surface area contributed by atoms with Gasteiger partial charge in [0.05, 0.1) is 25.4 Å². The van der Waals surface area contributed by atoms with E-state index in [0.29, 0.717) is 0 Å². The monoisotopic (exact) mass is 424 g/mol. The molecule has 0 bridgehead atoms. The van der Waals surface area contributed by atoms with E-state index >= 15 is 0 Å². The lowest BCUT2D eigenvalue weighted by atomic mass is 9.81. The minimum atomic E-state index is -1.92. The zero-order valence-electron chi connectivity index (χ0n) is 17.5. The first-order valence-electron chi connectivity index (χ1n) is 8.60. The van der Waals surface area contributed by atoms with Gasteiger partial charge in [-0.2, -0.15) is 0 Å². The maximum absolute atomic E-state index is 12.2. The van der Waals surface area contributed by atoms with E-state index in [2.05, 4.69) is 0 Å². The van der Waals surface area contributed by atoms with Crippen molar-refractivity contribution in [3.05, 3.63) is 46.7 Å². The third-order valence-electron chi connectivity index (χ3n) is 4.93. The van der Waals surface area contributed by atoms with Crippen LogP contribution in [0.1, 0.15) is 15.9 Å². The van der Waals surface area contributed by atoms with Gasteiger partial charge in [-0.3, -0.25) is 0 Å². The molecule has 0 atom stereocenters. The van der Waals surface area contributed by atoms with Gasteiger partial charge in [0.1, 0.15) is 5.75 Å². The largest absolute Gasteiger partial charge is 0.496 e. The van der Waals surface area contributed by atoms with E-state index in [1.54, 1.807) is 0 Å². The predicted molar refractivity (Wildman–Crippen MR) is 103 cm³/mol. The Hall–Kier alpha value is -2.92. The fourth-order valence-electron chi connectivity index (χ4n) is 3.62. The van der Waals surface area contributed by atoms with Crippen molar-refractivity contribution >= 4 is 17.5 Å². The first-order valence-corrected chi connectivity index (χ1v) is 8.60. The maximum atomic E-state index is 12.2. The number of aliphatic carboxylic acids is 1. The van der Waals surface area contributed by atoms with Gasteiger partial charge in [-0.15, -0.1) is 0 Å². The van der Waals surface area contributed by atoms with Crippen LogP contribution in [0.3, 0.4) is 0 Å². The van der Waals surface area contributed by atoms with Gasteiger partial charge in [-0.1, -0.05) is 6.07 Å². The number of hydrogen-bond acceptors (Lipinski definition) is 8. The Labute approximate surface area is 173 Å². The Morgan fingerprint density at radius 3 is 1.83 bits per heavy atom. The molecule has 0 fully saturated rings. The molecule has 1 aliphatic rings. The summed E-state index contributed by atoms with van der Waals surface area (Å²) < 4.78 is 33.0. The van der Waals surface area contributed by atoms with Gasteiger partial charge in [0.15, 0.2) is 5.76 Å². The van der Waals surface area contributed by atoms with E-state index < -0.39 is 23.5 Å². The van der Waals surface area contributed by atoms with Gasteiger partial charge in [-0.05, 0) is 18.2 Å². The lowest BCUT2D eigenvalue weighted by Crippen LogP contribution is -2.61. The molecule has 164 valence electrons.